The highest BCUT2D eigenvalue weighted by Gasteiger charge is 2.30. The minimum Gasteiger partial charge on any atom is -0.340 e. The highest BCUT2D eigenvalue weighted by atomic mass is 16.2. The summed E-state index contributed by atoms with van der Waals surface area (Å²) in [5.74, 6) is -0.286. The highest BCUT2D eigenvalue weighted by Crippen LogP contribution is 2.21. The molecule has 0 radical (unpaired) electrons. The van der Waals surface area contributed by atoms with Gasteiger partial charge in [0.1, 0.15) is 6.04 Å². The van der Waals surface area contributed by atoms with Crippen LogP contribution in [0.15, 0.2) is 54.6 Å². The van der Waals surface area contributed by atoms with Crippen molar-refractivity contribution >= 4 is 17.5 Å². The predicted molar refractivity (Wildman–Crippen MR) is 93.6 cm³/mol. The van der Waals surface area contributed by atoms with E-state index in [1.165, 1.54) is 0 Å². The average molecular weight is 323 g/mol. The summed E-state index contributed by atoms with van der Waals surface area (Å²) in [5, 5.41) is 2.86. The molecule has 1 fully saturated rings. The molecule has 5 nitrogen and oxygen atoms in total. The Morgan fingerprint density at radius 2 is 1.83 bits per heavy atom. The van der Waals surface area contributed by atoms with Crippen molar-refractivity contribution in [3.8, 4) is 0 Å². The highest BCUT2D eigenvalue weighted by molar-refractivity contribution is 6.02. The van der Waals surface area contributed by atoms with Crippen molar-refractivity contribution in [3.63, 3.8) is 0 Å². The maximum Gasteiger partial charge on any atom is 0.251 e. The third-order valence-electron chi connectivity index (χ3n) is 4.26. The molecule has 24 heavy (non-hydrogen) atoms. The molecular weight excluding hydrogens is 302 g/mol. The van der Waals surface area contributed by atoms with E-state index in [0.29, 0.717) is 25.1 Å². The number of rotatable bonds is 4. The number of benzene rings is 2. The van der Waals surface area contributed by atoms with Crippen molar-refractivity contribution in [3.05, 3.63) is 65.7 Å². The summed E-state index contributed by atoms with van der Waals surface area (Å²) in [4.78, 5) is 26.8. The third kappa shape index (κ3) is 3.46. The van der Waals surface area contributed by atoms with Gasteiger partial charge >= 0.3 is 0 Å². The number of anilines is 1. The summed E-state index contributed by atoms with van der Waals surface area (Å²) < 4.78 is 0. The first-order chi connectivity index (χ1) is 11.7. The van der Waals surface area contributed by atoms with E-state index in [0.717, 1.165) is 17.7 Å². The van der Waals surface area contributed by atoms with Gasteiger partial charge in [-0.2, -0.15) is 0 Å². The van der Waals surface area contributed by atoms with Gasteiger partial charge in [-0.1, -0.05) is 30.3 Å². The topological polar surface area (TPSA) is 75.4 Å². The van der Waals surface area contributed by atoms with Crippen molar-refractivity contribution in [2.45, 2.75) is 25.4 Å². The van der Waals surface area contributed by atoms with E-state index < -0.39 is 6.04 Å². The summed E-state index contributed by atoms with van der Waals surface area (Å²) in [7, 11) is 0. The van der Waals surface area contributed by atoms with Gasteiger partial charge in [-0.05, 0) is 42.7 Å². The Labute approximate surface area is 141 Å². The Hall–Kier alpha value is -2.66. The number of carbonyl (C=O) groups excluding carboxylic acids is 2. The van der Waals surface area contributed by atoms with Gasteiger partial charge in [-0.25, -0.2) is 0 Å². The second-order valence-electron chi connectivity index (χ2n) is 5.89. The standard InChI is InChI=1S/C19H21N3O2/c20-13-14-8-10-15(11-9-14)18(23)21-17-7-4-12-22(19(17)24)16-5-2-1-3-6-16/h1-3,5-6,8-11,17H,4,7,12-13,20H2,(H,21,23). The molecule has 2 aromatic rings. The second kappa shape index (κ2) is 7.27. The van der Waals surface area contributed by atoms with Crippen LogP contribution in [-0.4, -0.2) is 24.4 Å². The van der Waals surface area contributed by atoms with E-state index >= 15 is 0 Å². The van der Waals surface area contributed by atoms with Crippen LogP contribution < -0.4 is 16.0 Å². The lowest BCUT2D eigenvalue weighted by atomic mass is 10.0. The molecule has 0 bridgehead atoms. The van der Waals surface area contributed by atoms with E-state index in [2.05, 4.69) is 5.32 Å². The Morgan fingerprint density at radius 1 is 1.12 bits per heavy atom. The fraction of sp³-hybridized carbons (Fsp3) is 0.263. The Morgan fingerprint density at radius 3 is 2.50 bits per heavy atom. The van der Waals surface area contributed by atoms with Crippen LogP contribution in [0, 0.1) is 0 Å². The van der Waals surface area contributed by atoms with Crippen LogP contribution in [-0.2, 0) is 11.3 Å². The minimum atomic E-state index is -0.486. The van der Waals surface area contributed by atoms with Crippen LogP contribution in [0.2, 0.25) is 0 Å². The van der Waals surface area contributed by atoms with E-state index in [1.807, 2.05) is 42.5 Å². The number of amides is 2. The Kier molecular flexibility index (Phi) is 4.91. The molecule has 3 N–H and O–H groups in total. The van der Waals surface area contributed by atoms with E-state index in [9.17, 15) is 9.59 Å². The molecule has 1 aliphatic heterocycles. The van der Waals surface area contributed by atoms with Crippen LogP contribution in [0.4, 0.5) is 5.69 Å². The summed E-state index contributed by atoms with van der Waals surface area (Å²) in [6, 6.07) is 16.2. The molecule has 0 aromatic heterocycles. The molecule has 5 heteroatoms. The zero-order valence-electron chi connectivity index (χ0n) is 13.4. The molecule has 1 saturated heterocycles. The van der Waals surface area contributed by atoms with Gasteiger partial charge in [-0.15, -0.1) is 0 Å². The number of piperidine rings is 1. The molecule has 1 unspecified atom stereocenters. The number of carbonyl (C=O) groups is 2. The summed E-state index contributed by atoms with van der Waals surface area (Å²) in [6.07, 6.45) is 1.52. The van der Waals surface area contributed by atoms with Crippen molar-refractivity contribution in [1.82, 2.24) is 5.32 Å². The summed E-state index contributed by atoms with van der Waals surface area (Å²) in [5.41, 5.74) is 7.94. The van der Waals surface area contributed by atoms with Crippen molar-refractivity contribution < 1.29 is 9.59 Å². The zero-order chi connectivity index (χ0) is 16.9. The lowest BCUT2D eigenvalue weighted by Gasteiger charge is -2.32. The van der Waals surface area contributed by atoms with Crippen LogP contribution in [0.1, 0.15) is 28.8 Å². The first-order valence-corrected chi connectivity index (χ1v) is 8.15. The Bertz CT molecular complexity index is 713. The number of nitrogens with zero attached hydrogens (tertiary/aromatic N) is 1. The molecule has 0 spiro atoms. The molecule has 1 atom stereocenters. The van der Waals surface area contributed by atoms with Crippen LogP contribution in [0.5, 0.6) is 0 Å². The van der Waals surface area contributed by atoms with Gasteiger partial charge in [0, 0.05) is 24.3 Å². The van der Waals surface area contributed by atoms with Gasteiger partial charge < -0.3 is 16.0 Å². The maximum atomic E-state index is 12.7. The molecule has 3 rings (SSSR count). The Balaban J connectivity index is 1.69. The fourth-order valence-corrected chi connectivity index (χ4v) is 2.91. The average Bonchev–Trinajstić information content (AvgIpc) is 2.64. The molecule has 1 heterocycles. The quantitative estimate of drug-likeness (QED) is 0.904. The van der Waals surface area contributed by atoms with Crippen LogP contribution in [0.25, 0.3) is 0 Å². The lowest BCUT2D eigenvalue weighted by Crippen LogP contribution is -2.52. The van der Waals surface area contributed by atoms with Gasteiger partial charge in [-0.3, -0.25) is 9.59 Å². The molecule has 0 saturated carbocycles. The monoisotopic (exact) mass is 323 g/mol. The van der Waals surface area contributed by atoms with Gasteiger partial charge in [0.15, 0.2) is 0 Å². The molecular formula is C19H21N3O2. The van der Waals surface area contributed by atoms with Crippen molar-refractivity contribution in [1.29, 1.82) is 0 Å². The summed E-state index contributed by atoms with van der Waals surface area (Å²) >= 11 is 0. The second-order valence-corrected chi connectivity index (χ2v) is 5.89. The van der Waals surface area contributed by atoms with Gasteiger partial charge in [0.25, 0.3) is 5.91 Å². The molecule has 1 aliphatic rings. The number of nitrogens with two attached hydrogens (primary N) is 1. The number of para-hydroxylation sites is 1. The van der Waals surface area contributed by atoms with Gasteiger partial charge in [0.05, 0.1) is 0 Å². The number of hydrogen-bond acceptors (Lipinski definition) is 3. The van der Waals surface area contributed by atoms with Gasteiger partial charge in [0.2, 0.25) is 5.91 Å². The molecule has 124 valence electrons. The largest absolute Gasteiger partial charge is 0.340 e. The summed E-state index contributed by atoms with van der Waals surface area (Å²) in [6.45, 7) is 1.12. The minimum absolute atomic E-state index is 0.0561. The van der Waals surface area contributed by atoms with Crippen LogP contribution in [0.3, 0.4) is 0 Å². The van der Waals surface area contributed by atoms with Crippen molar-refractivity contribution in [2.24, 2.45) is 5.73 Å². The maximum absolute atomic E-state index is 12.7. The van der Waals surface area contributed by atoms with Crippen molar-refractivity contribution in [2.75, 3.05) is 11.4 Å². The smallest absolute Gasteiger partial charge is 0.251 e. The molecule has 2 aromatic carbocycles. The molecule has 0 aliphatic carbocycles. The first-order valence-electron chi connectivity index (χ1n) is 8.15. The fourth-order valence-electron chi connectivity index (χ4n) is 2.91. The van der Waals surface area contributed by atoms with E-state index in [1.54, 1.807) is 17.0 Å². The van der Waals surface area contributed by atoms with Crippen LogP contribution >= 0.6 is 0 Å². The van der Waals surface area contributed by atoms with E-state index in [4.69, 9.17) is 5.73 Å². The SMILES string of the molecule is NCc1ccc(C(=O)NC2CCCN(c3ccccc3)C2=O)cc1. The first kappa shape index (κ1) is 16.2. The number of hydrogen-bond donors (Lipinski definition) is 2. The lowest BCUT2D eigenvalue weighted by molar-refractivity contribution is -0.121. The molecule has 2 amide bonds. The predicted octanol–water partition coefficient (Wildman–Crippen LogP) is 2.07. The normalized spacial score (nSPS) is 17.6. The zero-order valence-corrected chi connectivity index (χ0v) is 13.4. The third-order valence-corrected chi connectivity index (χ3v) is 4.26. The number of nitrogens with one attached hydrogen (secondary N) is 1. The van der Waals surface area contributed by atoms with E-state index in [-0.39, 0.29) is 11.8 Å².